The van der Waals surface area contributed by atoms with E-state index in [1.165, 1.54) is 26.9 Å². The molecule has 0 fully saturated rings. The van der Waals surface area contributed by atoms with Crippen molar-refractivity contribution in [1.29, 1.82) is 0 Å². The molecular formula is C15H23NO8. The van der Waals surface area contributed by atoms with E-state index in [-0.39, 0.29) is 29.9 Å². The van der Waals surface area contributed by atoms with Gasteiger partial charge in [0.05, 0.1) is 13.2 Å². The van der Waals surface area contributed by atoms with Crippen LogP contribution in [0.5, 0.6) is 0 Å². The molecule has 0 bridgehead atoms. The van der Waals surface area contributed by atoms with E-state index in [0.29, 0.717) is 0 Å². The first kappa shape index (κ1) is 29.0. The van der Waals surface area contributed by atoms with Gasteiger partial charge in [0.15, 0.2) is 0 Å². The van der Waals surface area contributed by atoms with Crippen molar-refractivity contribution in [3.63, 3.8) is 0 Å². The van der Waals surface area contributed by atoms with E-state index in [4.69, 9.17) is 25.2 Å². The molecule has 4 N–H and O–H groups in total. The molecule has 0 aromatic heterocycles. The Kier molecular flexibility index (Phi) is 24.2. The number of hydrogen-bond donors (Lipinski definition) is 4. The van der Waals surface area contributed by atoms with Gasteiger partial charge in [0.2, 0.25) is 6.08 Å². The normalized spacial score (nSPS) is 7.33. The molecule has 9 nitrogen and oxygen atoms in total. The molecule has 0 rings (SSSR count). The lowest BCUT2D eigenvalue weighted by Crippen LogP contribution is -1.92. The summed E-state index contributed by atoms with van der Waals surface area (Å²) >= 11 is 0. The maximum Gasteiger partial charge on any atom is 0.330 e. The predicted molar refractivity (Wildman–Crippen MR) is 87.4 cm³/mol. The number of hydrogen-bond acceptors (Lipinski definition) is 6. The van der Waals surface area contributed by atoms with Crippen LogP contribution in [0.15, 0.2) is 41.4 Å². The monoisotopic (exact) mass is 345 g/mol. The van der Waals surface area contributed by atoms with Crippen LogP contribution in [0, 0.1) is 0 Å². The predicted octanol–water partition coefficient (Wildman–Crippen LogP) is 1.26. The summed E-state index contributed by atoms with van der Waals surface area (Å²) in [4.78, 5) is 41.0. The zero-order chi connectivity index (χ0) is 20.3. The van der Waals surface area contributed by atoms with E-state index in [0.717, 1.165) is 0 Å². The fraction of sp³-hybridized carbons (Fsp3) is 0.333. The lowest BCUT2D eigenvalue weighted by Gasteiger charge is -1.79. The number of aliphatic hydroxyl groups is 1. The van der Waals surface area contributed by atoms with Crippen LogP contribution in [0.4, 0.5) is 0 Å². The minimum Gasteiger partial charge on any atom is -0.478 e. The van der Waals surface area contributed by atoms with Gasteiger partial charge in [-0.25, -0.2) is 24.2 Å². The van der Waals surface area contributed by atoms with Gasteiger partial charge in [0.25, 0.3) is 0 Å². The van der Waals surface area contributed by atoms with E-state index in [9.17, 15) is 14.4 Å². The highest BCUT2D eigenvalue weighted by Gasteiger charge is 1.91. The topological polar surface area (TPSA) is 162 Å². The van der Waals surface area contributed by atoms with Crippen LogP contribution in [-0.4, -0.2) is 57.6 Å². The maximum atomic E-state index is 9.60. The summed E-state index contributed by atoms with van der Waals surface area (Å²) in [7, 11) is 0. The average molecular weight is 345 g/mol. The van der Waals surface area contributed by atoms with Crippen LogP contribution >= 0.6 is 0 Å². The molecule has 0 aliphatic rings. The van der Waals surface area contributed by atoms with Crippen molar-refractivity contribution < 1.29 is 39.6 Å². The molecule has 0 saturated heterocycles. The Bertz CT molecular complexity index is 409. The molecule has 0 spiro atoms. The number of rotatable bonds is 5. The van der Waals surface area contributed by atoms with Crippen molar-refractivity contribution in [2.45, 2.75) is 20.8 Å². The summed E-state index contributed by atoms with van der Waals surface area (Å²) in [5.41, 5.74) is 0.528. The Balaban J connectivity index is -0.000000111. The summed E-state index contributed by atoms with van der Waals surface area (Å²) in [6.07, 6.45) is 1.28. The third kappa shape index (κ3) is 42.8. The molecule has 24 heavy (non-hydrogen) atoms. The van der Waals surface area contributed by atoms with Crippen LogP contribution in [0.3, 0.4) is 0 Å². The average Bonchev–Trinajstić information content (AvgIpc) is 2.46. The highest BCUT2D eigenvalue weighted by atomic mass is 16.4. The lowest BCUT2D eigenvalue weighted by atomic mass is 10.4. The van der Waals surface area contributed by atoms with Gasteiger partial charge < -0.3 is 20.4 Å². The first-order valence-corrected chi connectivity index (χ1v) is 6.15. The molecule has 0 aromatic carbocycles. The van der Waals surface area contributed by atoms with E-state index in [1.807, 2.05) is 0 Å². The molecule has 0 amide bonds. The molecule has 0 atom stereocenters. The summed E-state index contributed by atoms with van der Waals surface area (Å²) < 4.78 is 0. The van der Waals surface area contributed by atoms with Gasteiger partial charge in [-0.2, -0.15) is 0 Å². The molecule has 0 aromatic rings. The molecular weight excluding hydrogens is 322 g/mol. The minimum atomic E-state index is -0.935. The highest BCUT2D eigenvalue weighted by molar-refractivity contribution is 5.85. The minimum absolute atomic E-state index is 0.0742. The molecule has 0 aliphatic carbocycles. The zero-order valence-electron chi connectivity index (χ0n) is 13.9. The van der Waals surface area contributed by atoms with Crippen molar-refractivity contribution in [1.82, 2.24) is 0 Å². The molecule has 0 saturated carbocycles. The van der Waals surface area contributed by atoms with E-state index in [2.05, 4.69) is 24.7 Å². The number of aliphatic carboxylic acids is 3. The van der Waals surface area contributed by atoms with Crippen LogP contribution in [0.1, 0.15) is 20.8 Å². The fourth-order valence-corrected chi connectivity index (χ4v) is 0.0956. The summed E-state index contributed by atoms with van der Waals surface area (Å²) in [5, 5.41) is 31.6. The Hall–Kier alpha value is -3.03. The van der Waals surface area contributed by atoms with Crippen LogP contribution in [-0.2, 0) is 19.2 Å². The smallest absolute Gasteiger partial charge is 0.330 e. The van der Waals surface area contributed by atoms with E-state index in [1.54, 1.807) is 0 Å². The van der Waals surface area contributed by atoms with E-state index >= 15 is 0 Å². The number of carboxylic acids is 3. The van der Waals surface area contributed by atoms with E-state index < -0.39 is 17.9 Å². The number of carboxylic acid groups (broad SMARTS) is 3. The van der Waals surface area contributed by atoms with Crippen molar-refractivity contribution in [3.8, 4) is 0 Å². The number of aliphatic hydroxyl groups excluding tert-OH is 1. The quantitative estimate of drug-likeness (QED) is 0.329. The lowest BCUT2D eigenvalue weighted by molar-refractivity contribution is -0.133. The third-order valence-corrected chi connectivity index (χ3v) is 1.37. The van der Waals surface area contributed by atoms with Crippen LogP contribution in [0.2, 0.25) is 0 Å². The Labute approximate surface area is 140 Å². The van der Waals surface area contributed by atoms with Crippen molar-refractivity contribution in [3.05, 3.63) is 36.5 Å². The summed E-state index contributed by atoms with van der Waals surface area (Å²) in [6, 6.07) is 0. The number of nitrogens with zero attached hydrogens (tertiary/aromatic N) is 1. The second-order valence-electron chi connectivity index (χ2n) is 3.95. The number of carbonyl (C=O) groups excluding carboxylic acids is 1. The molecule has 0 unspecified atom stereocenters. The first-order valence-electron chi connectivity index (χ1n) is 6.15. The summed E-state index contributed by atoms with van der Waals surface area (Å²) in [6.45, 7) is 13.9. The Morgan fingerprint density at radius 2 is 1.04 bits per heavy atom. The Morgan fingerprint density at radius 3 is 1.08 bits per heavy atom. The third-order valence-electron chi connectivity index (χ3n) is 1.37. The molecule has 0 heterocycles. The van der Waals surface area contributed by atoms with Gasteiger partial charge in [-0.3, -0.25) is 0 Å². The number of isocyanates is 1. The molecule has 0 radical (unpaired) electrons. The van der Waals surface area contributed by atoms with Gasteiger partial charge in [0.1, 0.15) is 0 Å². The standard InChI is InChI=1S/3C4H6O2.C3H5NO2/c3*1-3(2)4(5)6;5-2-1-4-3-6/h3*1H2,2H3,(H,5,6);5H,1-2H2. The largest absolute Gasteiger partial charge is 0.478 e. The van der Waals surface area contributed by atoms with Gasteiger partial charge in [-0.05, 0) is 20.8 Å². The Morgan fingerprint density at radius 1 is 0.833 bits per heavy atom. The summed E-state index contributed by atoms with van der Waals surface area (Å²) in [5.74, 6) is -2.81. The molecule has 9 heteroatoms. The maximum absolute atomic E-state index is 9.60. The fourth-order valence-electron chi connectivity index (χ4n) is 0.0956. The molecule has 136 valence electrons. The number of carbonyl (C=O) groups is 3. The van der Waals surface area contributed by atoms with Crippen molar-refractivity contribution >= 4 is 24.0 Å². The zero-order valence-corrected chi connectivity index (χ0v) is 13.9. The second kappa shape index (κ2) is 20.0. The van der Waals surface area contributed by atoms with Crippen LogP contribution < -0.4 is 0 Å². The highest BCUT2D eigenvalue weighted by Crippen LogP contribution is 1.82. The van der Waals surface area contributed by atoms with Gasteiger partial charge >= 0.3 is 17.9 Å². The molecule has 0 aliphatic heterocycles. The SMILES string of the molecule is C=C(C)C(=O)O.C=C(C)C(=O)O.C=C(C)C(=O)O.O=C=NCCO. The number of aliphatic imine (C=N–C) groups is 1. The first-order chi connectivity index (χ1) is 10.8. The van der Waals surface area contributed by atoms with Gasteiger partial charge in [0, 0.05) is 16.7 Å². The van der Waals surface area contributed by atoms with Gasteiger partial charge in [-0.1, -0.05) is 19.7 Å². The van der Waals surface area contributed by atoms with Gasteiger partial charge in [-0.15, -0.1) is 0 Å². The second-order valence-corrected chi connectivity index (χ2v) is 3.95. The van der Waals surface area contributed by atoms with Crippen molar-refractivity contribution in [2.75, 3.05) is 13.2 Å². The van der Waals surface area contributed by atoms with Crippen molar-refractivity contribution in [2.24, 2.45) is 4.99 Å². The van der Waals surface area contributed by atoms with Crippen LogP contribution in [0.25, 0.3) is 0 Å².